The molecule has 2 heterocycles. The van der Waals surface area contributed by atoms with Crippen LogP contribution in [0.5, 0.6) is 5.75 Å². The third kappa shape index (κ3) is 4.04. The molecule has 2 saturated heterocycles. The van der Waals surface area contributed by atoms with Gasteiger partial charge >= 0.3 is 0 Å². The van der Waals surface area contributed by atoms with Crippen molar-refractivity contribution in [2.24, 2.45) is 0 Å². The molecule has 0 radical (unpaired) electrons. The molecule has 0 saturated carbocycles. The maximum Gasteiger partial charge on any atom is 0.233 e. The molecule has 0 N–H and O–H groups in total. The highest BCUT2D eigenvalue weighted by atomic mass is 32.2. The summed E-state index contributed by atoms with van der Waals surface area (Å²) in [4.78, 5) is 29.4. The van der Waals surface area contributed by atoms with Gasteiger partial charge in [-0.1, -0.05) is 6.07 Å². The predicted molar refractivity (Wildman–Crippen MR) is 94.3 cm³/mol. The molecular weight excluding hydrogens is 324 g/mol. The zero-order valence-electron chi connectivity index (χ0n) is 14.1. The van der Waals surface area contributed by atoms with Gasteiger partial charge in [0.25, 0.3) is 0 Å². The zero-order valence-corrected chi connectivity index (χ0v) is 14.9. The summed E-state index contributed by atoms with van der Waals surface area (Å²) in [7, 11) is 1.64. The molecule has 0 unspecified atom stereocenters. The average Bonchev–Trinajstić information content (AvgIpc) is 3.06. The molecule has 2 fully saturated rings. The fraction of sp³-hybridized carbons (Fsp3) is 0.556. The maximum atomic E-state index is 12.5. The van der Waals surface area contributed by atoms with E-state index in [0.717, 1.165) is 43.0 Å². The molecule has 3 rings (SSSR count). The number of ether oxygens (including phenoxy) is 1. The van der Waals surface area contributed by atoms with Crippen LogP contribution in [0, 0.1) is 0 Å². The second-order valence-corrected chi connectivity index (χ2v) is 7.34. The number of hydrogen-bond donors (Lipinski definition) is 0. The lowest BCUT2D eigenvalue weighted by atomic mass is 10.0. The van der Waals surface area contributed by atoms with Gasteiger partial charge in [0.05, 0.1) is 12.9 Å². The lowest BCUT2D eigenvalue weighted by Gasteiger charge is -2.37. The molecule has 1 aromatic carbocycles. The van der Waals surface area contributed by atoms with Crippen LogP contribution in [-0.4, -0.2) is 60.2 Å². The van der Waals surface area contributed by atoms with Gasteiger partial charge in [0.1, 0.15) is 5.75 Å². The van der Waals surface area contributed by atoms with Crippen molar-refractivity contribution in [2.75, 3.05) is 32.5 Å². The van der Waals surface area contributed by atoms with Crippen LogP contribution in [-0.2, 0) is 9.59 Å². The lowest BCUT2D eigenvalue weighted by molar-refractivity contribution is -0.135. The first-order valence-electron chi connectivity index (χ1n) is 8.51. The van der Waals surface area contributed by atoms with Crippen LogP contribution in [0.15, 0.2) is 29.2 Å². The minimum atomic E-state index is 0.152. The van der Waals surface area contributed by atoms with E-state index in [4.69, 9.17) is 4.74 Å². The third-order valence-corrected chi connectivity index (χ3v) is 5.68. The standard InChI is InChI=1S/C18H24N2O3S/c1-23-15-6-2-7-16(11-15)24-13-18(22)19-9-3-5-14(12-19)20-10-4-8-17(20)21/h2,6-7,11,14H,3-5,8-10,12-13H2,1H3/t14-/m0/s1. The highest BCUT2D eigenvalue weighted by molar-refractivity contribution is 8.00. The molecule has 1 aromatic rings. The number of methoxy groups -OCH3 is 1. The number of hydrogen-bond acceptors (Lipinski definition) is 4. The minimum Gasteiger partial charge on any atom is -0.497 e. The number of likely N-dealkylation sites (tertiary alicyclic amines) is 2. The van der Waals surface area contributed by atoms with E-state index in [0.29, 0.717) is 18.7 Å². The second-order valence-electron chi connectivity index (χ2n) is 6.29. The Morgan fingerprint density at radius 3 is 2.96 bits per heavy atom. The minimum absolute atomic E-state index is 0.152. The highest BCUT2D eigenvalue weighted by Gasteiger charge is 2.32. The number of carbonyl (C=O) groups is 2. The molecule has 0 bridgehead atoms. The molecule has 2 aliphatic heterocycles. The van der Waals surface area contributed by atoms with Gasteiger partial charge in [0, 0.05) is 37.0 Å². The number of rotatable bonds is 5. The largest absolute Gasteiger partial charge is 0.497 e. The maximum absolute atomic E-state index is 12.5. The first-order chi connectivity index (χ1) is 11.7. The number of carbonyl (C=O) groups excluding carboxylic acids is 2. The van der Waals surface area contributed by atoms with Crippen molar-refractivity contribution >= 4 is 23.6 Å². The molecule has 2 aliphatic rings. The Morgan fingerprint density at radius 2 is 2.21 bits per heavy atom. The van der Waals surface area contributed by atoms with Gasteiger partial charge in [-0.25, -0.2) is 0 Å². The summed E-state index contributed by atoms with van der Waals surface area (Å²) < 4.78 is 5.21. The molecular formula is C18H24N2O3S. The zero-order chi connectivity index (χ0) is 16.9. The topological polar surface area (TPSA) is 49.9 Å². The van der Waals surface area contributed by atoms with Crippen LogP contribution in [0.3, 0.4) is 0 Å². The molecule has 0 spiro atoms. The number of amides is 2. The second kappa shape index (κ2) is 7.92. The van der Waals surface area contributed by atoms with E-state index in [1.54, 1.807) is 7.11 Å². The van der Waals surface area contributed by atoms with Crippen LogP contribution in [0.1, 0.15) is 25.7 Å². The first-order valence-corrected chi connectivity index (χ1v) is 9.50. The van der Waals surface area contributed by atoms with Crippen LogP contribution in [0.25, 0.3) is 0 Å². The Hall–Kier alpha value is -1.69. The number of thioether (sulfide) groups is 1. The number of benzene rings is 1. The SMILES string of the molecule is COc1cccc(SCC(=O)N2CCC[C@H](N3CCCC3=O)C2)c1. The van der Waals surface area contributed by atoms with Gasteiger partial charge in [0.15, 0.2) is 0 Å². The fourth-order valence-corrected chi connectivity index (χ4v) is 4.27. The van der Waals surface area contributed by atoms with E-state index in [-0.39, 0.29) is 17.9 Å². The summed E-state index contributed by atoms with van der Waals surface area (Å²) in [6.45, 7) is 2.34. The molecule has 1 atom stereocenters. The molecule has 0 aliphatic carbocycles. The summed E-state index contributed by atoms with van der Waals surface area (Å²) in [5.41, 5.74) is 0. The summed E-state index contributed by atoms with van der Waals surface area (Å²) in [6.07, 6.45) is 3.60. The van der Waals surface area contributed by atoms with E-state index in [2.05, 4.69) is 0 Å². The van der Waals surface area contributed by atoms with Gasteiger partial charge in [-0.15, -0.1) is 11.8 Å². The lowest BCUT2D eigenvalue weighted by Crippen LogP contribution is -2.50. The van der Waals surface area contributed by atoms with Crippen molar-refractivity contribution in [2.45, 2.75) is 36.6 Å². The van der Waals surface area contributed by atoms with Gasteiger partial charge in [0.2, 0.25) is 11.8 Å². The highest BCUT2D eigenvalue weighted by Crippen LogP contribution is 2.25. The van der Waals surface area contributed by atoms with E-state index < -0.39 is 0 Å². The van der Waals surface area contributed by atoms with Gasteiger partial charge < -0.3 is 14.5 Å². The summed E-state index contributed by atoms with van der Waals surface area (Å²) in [5, 5.41) is 0. The molecule has 2 amide bonds. The van der Waals surface area contributed by atoms with Crippen molar-refractivity contribution < 1.29 is 14.3 Å². The summed E-state index contributed by atoms with van der Waals surface area (Å²) in [6, 6.07) is 7.97. The van der Waals surface area contributed by atoms with Crippen LogP contribution in [0.2, 0.25) is 0 Å². The third-order valence-electron chi connectivity index (χ3n) is 4.70. The Kier molecular flexibility index (Phi) is 5.66. The fourth-order valence-electron chi connectivity index (χ4n) is 3.42. The van der Waals surface area contributed by atoms with Crippen LogP contribution < -0.4 is 4.74 Å². The van der Waals surface area contributed by atoms with Crippen LogP contribution >= 0.6 is 11.8 Å². The monoisotopic (exact) mass is 348 g/mol. The normalized spacial score (nSPS) is 21.2. The summed E-state index contributed by atoms with van der Waals surface area (Å²) in [5.74, 6) is 1.63. The molecule has 130 valence electrons. The molecule has 0 aromatic heterocycles. The van der Waals surface area contributed by atoms with E-state index in [9.17, 15) is 9.59 Å². The van der Waals surface area contributed by atoms with Gasteiger partial charge in [-0.2, -0.15) is 0 Å². The van der Waals surface area contributed by atoms with Crippen molar-refractivity contribution in [3.63, 3.8) is 0 Å². The van der Waals surface area contributed by atoms with Gasteiger partial charge in [-0.05, 0) is 37.5 Å². The molecule has 5 nitrogen and oxygen atoms in total. The first kappa shape index (κ1) is 17.1. The van der Waals surface area contributed by atoms with Crippen molar-refractivity contribution in [3.05, 3.63) is 24.3 Å². The quantitative estimate of drug-likeness (QED) is 0.767. The Labute approximate surface area is 147 Å². The predicted octanol–water partition coefficient (Wildman–Crippen LogP) is 2.40. The Morgan fingerprint density at radius 1 is 1.33 bits per heavy atom. The number of piperidine rings is 1. The van der Waals surface area contributed by atoms with Crippen LogP contribution in [0.4, 0.5) is 0 Å². The van der Waals surface area contributed by atoms with Crippen molar-refractivity contribution in [1.29, 1.82) is 0 Å². The molecule has 6 heteroatoms. The van der Waals surface area contributed by atoms with Crippen molar-refractivity contribution in [3.8, 4) is 5.75 Å². The van der Waals surface area contributed by atoms with E-state index in [1.807, 2.05) is 34.1 Å². The van der Waals surface area contributed by atoms with Crippen molar-refractivity contribution in [1.82, 2.24) is 9.80 Å². The van der Waals surface area contributed by atoms with E-state index in [1.165, 1.54) is 11.8 Å². The average molecular weight is 348 g/mol. The Bertz CT molecular complexity index is 608. The number of nitrogens with zero attached hydrogens (tertiary/aromatic N) is 2. The Balaban J connectivity index is 1.53. The summed E-state index contributed by atoms with van der Waals surface area (Å²) >= 11 is 1.53. The molecule has 24 heavy (non-hydrogen) atoms. The van der Waals surface area contributed by atoms with Gasteiger partial charge in [-0.3, -0.25) is 9.59 Å². The smallest absolute Gasteiger partial charge is 0.233 e. The van der Waals surface area contributed by atoms with E-state index >= 15 is 0 Å².